The van der Waals surface area contributed by atoms with Gasteiger partial charge >= 0.3 is 11.9 Å². The molecule has 4 heteroatoms. The number of hydrogen-bond acceptors (Lipinski definition) is 3. The molecule has 226 valence electrons. The van der Waals surface area contributed by atoms with Crippen molar-refractivity contribution < 1.29 is 19.4 Å². The van der Waals surface area contributed by atoms with Crippen molar-refractivity contribution in [2.75, 3.05) is 0 Å². The fourth-order valence-electron chi connectivity index (χ4n) is 5.39. The summed E-state index contributed by atoms with van der Waals surface area (Å²) in [5.74, 6) is -0.522. The van der Waals surface area contributed by atoms with Gasteiger partial charge in [0.15, 0.2) is 0 Å². The Morgan fingerprint density at radius 2 is 0.895 bits per heavy atom. The van der Waals surface area contributed by atoms with Gasteiger partial charge in [0.1, 0.15) is 6.10 Å². The zero-order valence-corrected chi connectivity index (χ0v) is 25.9. The molecule has 0 rings (SSSR count). The molecule has 0 aliphatic heterocycles. The van der Waals surface area contributed by atoms with Crippen LogP contribution in [-0.2, 0) is 14.3 Å². The van der Waals surface area contributed by atoms with Crippen LogP contribution in [0.5, 0.6) is 0 Å². The zero-order chi connectivity index (χ0) is 28.1. The molecule has 2 unspecified atom stereocenters. The van der Waals surface area contributed by atoms with Crippen molar-refractivity contribution in [2.45, 2.75) is 200 Å². The molecule has 0 aliphatic rings. The maximum absolute atomic E-state index is 13.1. The lowest BCUT2D eigenvalue weighted by atomic mass is 9.93. The quantitative estimate of drug-likeness (QED) is 0.0729. The third-order valence-corrected chi connectivity index (χ3v) is 8.05. The van der Waals surface area contributed by atoms with E-state index in [1.165, 1.54) is 103 Å². The molecule has 0 heterocycles. The van der Waals surface area contributed by atoms with E-state index in [2.05, 4.69) is 20.8 Å². The molecule has 0 aromatic rings. The number of carboxylic acids is 1. The number of hydrogen-bond donors (Lipinski definition) is 1. The lowest BCUT2D eigenvalue weighted by molar-refractivity contribution is -0.155. The van der Waals surface area contributed by atoms with E-state index < -0.39 is 5.97 Å². The predicted octanol–water partition coefficient (Wildman–Crippen LogP) is 11.2. The van der Waals surface area contributed by atoms with Gasteiger partial charge in [-0.05, 0) is 38.5 Å². The van der Waals surface area contributed by atoms with E-state index in [1.54, 1.807) is 0 Å². The highest BCUT2D eigenvalue weighted by Crippen LogP contribution is 2.23. The molecule has 2 atom stereocenters. The monoisotopic (exact) mass is 538 g/mol. The van der Waals surface area contributed by atoms with Gasteiger partial charge in [0, 0.05) is 6.42 Å². The van der Waals surface area contributed by atoms with Gasteiger partial charge in [-0.25, -0.2) is 0 Å². The Labute approximate surface area is 237 Å². The minimum absolute atomic E-state index is 0.0747. The molecule has 0 fully saturated rings. The molecule has 0 aromatic heterocycles. The number of carbonyl (C=O) groups is 2. The molecule has 0 aliphatic carbocycles. The summed E-state index contributed by atoms with van der Waals surface area (Å²) in [4.78, 5) is 23.7. The van der Waals surface area contributed by atoms with Crippen molar-refractivity contribution >= 4 is 11.9 Å². The Morgan fingerprint density at radius 1 is 0.526 bits per heavy atom. The molecule has 0 saturated carbocycles. The maximum Gasteiger partial charge on any atom is 0.309 e. The summed E-state index contributed by atoms with van der Waals surface area (Å²) in [5, 5.41) is 8.70. The van der Waals surface area contributed by atoms with Crippen molar-refractivity contribution in [3.05, 3.63) is 0 Å². The number of ether oxygens (including phenoxy) is 1. The number of unbranched alkanes of at least 4 members (excludes halogenated alkanes) is 19. The van der Waals surface area contributed by atoms with Gasteiger partial charge in [-0.15, -0.1) is 0 Å². The van der Waals surface area contributed by atoms with Crippen molar-refractivity contribution in [3.8, 4) is 0 Å². The van der Waals surface area contributed by atoms with Crippen LogP contribution in [0.25, 0.3) is 0 Å². The Balaban J connectivity index is 4.23. The molecule has 0 amide bonds. The van der Waals surface area contributed by atoms with E-state index in [0.29, 0.717) is 6.42 Å². The van der Waals surface area contributed by atoms with Gasteiger partial charge < -0.3 is 9.84 Å². The minimum atomic E-state index is -0.679. The van der Waals surface area contributed by atoms with E-state index in [0.717, 1.165) is 64.2 Å². The van der Waals surface area contributed by atoms with Crippen LogP contribution in [0.3, 0.4) is 0 Å². The number of aliphatic carboxylic acids is 1. The summed E-state index contributed by atoms with van der Waals surface area (Å²) in [6.07, 6.45) is 31.5. The van der Waals surface area contributed by atoms with E-state index in [4.69, 9.17) is 9.84 Å². The molecule has 0 spiro atoms. The van der Waals surface area contributed by atoms with Gasteiger partial charge in [0.2, 0.25) is 0 Å². The predicted molar refractivity (Wildman–Crippen MR) is 163 cm³/mol. The largest absolute Gasteiger partial charge is 0.481 e. The van der Waals surface area contributed by atoms with E-state index >= 15 is 0 Å². The second kappa shape index (κ2) is 28.9. The van der Waals surface area contributed by atoms with Crippen LogP contribution < -0.4 is 0 Å². The first kappa shape index (κ1) is 36.9. The number of carboxylic acid groups (broad SMARTS) is 1. The van der Waals surface area contributed by atoms with Gasteiger partial charge in [-0.1, -0.05) is 149 Å². The van der Waals surface area contributed by atoms with Crippen LogP contribution in [0.4, 0.5) is 0 Å². The highest BCUT2D eigenvalue weighted by Gasteiger charge is 2.22. The molecule has 38 heavy (non-hydrogen) atoms. The van der Waals surface area contributed by atoms with Gasteiger partial charge in [0.05, 0.1) is 5.92 Å². The third kappa shape index (κ3) is 25.2. The fourth-order valence-corrected chi connectivity index (χ4v) is 5.39. The molecule has 0 radical (unpaired) electrons. The number of rotatable bonds is 30. The summed E-state index contributed by atoms with van der Waals surface area (Å²) in [5.41, 5.74) is 0. The van der Waals surface area contributed by atoms with Crippen molar-refractivity contribution in [2.24, 2.45) is 5.92 Å². The average Bonchev–Trinajstić information content (AvgIpc) is 2.90. The molecule has 0 saturated heterocycles. The maximum atomic E-state index is 13.1. The Bertz CT molecular complexity index is 519. The minimum Gasteiger partial charge on any atom is -0.481 e. The first-order valence-corrected chi connectivity index (χ1v) is 17.0. The first-order valence-electron chi connectivity index (χ1n) is 17.0. The summed E-state index contributed by atoms with van der Waals surface area (Å²) in [6.45, 7) is 6.64. The lowest BCUT2D eigenvalue weighted by Crippen LogP contribution is -2.24. The first-order chi connectivity index (χ1) is 18.5. The highest BCUT2D eigenvalue weighted by molar-refractivity contribution is 5.72. The van der Waals surface area contributed by atoms with Crippen LogP contribution in [0, 0.1) is 5.92 Å². The molecule has 0 aromatic carbocycles. The van der Waals surface area contributed by atoms with Gasteiger partial charge in [-0.2, -0.15) is 0 Å². The third-order valence-electron chi connectivity index (χ3n) is 8.05. The summed E-state index contributed by atoms with van der Waals surface area (Å²) < 4.78 is 6.03. The smallest absolute Gasteiger partial charge is 0.309 e. The number of carbonyl (C=O) groups excluding carboxylic acids is 1. The Hall–Kier alpha value is -1.06. The van der Waals surface area contributed by atoms with E-state index in [-0.39, 0.29) is 18.0 Å². The van der Waals surface area contributed by atoms with E-state index in [1.807, 2.05) is 0 Å². The Morgan fingerprint density at radius 3 is 1.32 bits per heavy atom. The molecule has 1 N–H and O–H groups in total. The summed E-state index contributed by atoms with van der Waals surface area (Å²) in [7, 11) is 0. The van der Waals surface area contributed by atoms with E-state index in [9.17, 15) is 9.59 Å². The van der Waals surface area contributed by atoms with Crippen molar-refractivity contribution in [3.63, 3.8) is 0 Å². The standard InChI is InChI=1S/C34H66O4/c1-4-7-9-10-11-12-14-17-20-24-27-31(34(37)38-32(6-3)29-23-8-5-2)28-25-21-18-15-13-16-19-22-26-30-33(35)36/h31-32H,4-30H2,1-3H3,(H,35,36). The number of esters is 1. The van der Waals surface area contributed by atoms with Crippen molar-refractivity contribution in [1.29, 1.82) is 0 Å². The van der Waals surface area contributed by atoms with Gasteiger partial charge in [0.25, 0.3) is 0 Å². The lowest BCUT2D eigenvalue weighted by Gasteiger charge is -2.21. The zero-order valence-electron chi connectivity index (χ0n) is 25.9. The second-order valence-corrected chi connectivity index (χ2v) is 11.7. The Kier molecular flexibility index (Phi) is 28.1. The summed E-state index contributed by atoms with van der Waals surface area (Å²) in [6, 6.07) is 0. The normalized spacial score (nSPS) is 12.9. The van der Waals surface area contributed by atoms with Crippen LogP contribution in [-0.4, -0.2) is 23.1 Å². The summed E-state index contributed by atoms with van der Waals surface area (Å²) >= 11 is 0. The van der Waals surface area contributed by atoms with Gasteiger partial charge in [-0.3, -0.25) is 9.59 Å². The van der Waals surface area contributed by atoms with Crippen LogP contribution >= 0.6 is 0 Å². The topological polar surface area (TPSA) is 63.6 Å². The van der Waals surface area contributed by atoms with Crippen LogP contribution in [0.15, 0.2) is 0 Å². The molecule has 0 bridgehead atoms. The van der Waals surface area contributed by atoms with Crippen molar-refractivity contribution in [1.82, 2.24) is 0 Å². The van der Waals surface area contributed by atoms with Crippen LogP contribution in [0.1, 0.15) is 194 Å². The highest BCUT2D eigenvalue weighted by atomic mass is 16.5. The molecular formula is C34H66O4. The fraction of sp³-hybridized carbons (Fsp3) is 0.941. The van der Waals surface area contributed by atoms with Crippen LogP contribution in [0.2, 0.25) is 0 Å². The molecular weight excluding hydrogens is 472 g/mol. The average molecular weight is 539 g/mol. The SMILES string of the molecule is CCCCCCCCCCCCC(CCCCCCCCCCCC(=O)O)C(=O)OC(CC)CCCCC. The second-order valence-electron chi connectivity index (χ2n) is 11.7. The molecule has 4 nitrogen and oxygen atoms in total.